The minimum Gasteiger partial charge on any atom is -0.488 e. The molecule has 0 aliphatic carbocycles. The first-order chi connectivity index (χ1) is 27.9. The largest absolute Gasteiger partial charge is 0.488 e. The lowest BCUT2D eigenvalue weighted by Gasteiger charge is -2.34. The second-order valence-corrected chi connectivity index (χ2v) is 13.8. The zero-order valence-electron chi connectivity index (χ0n) is 32.0. The van der Waals surface area contributed by atoms with Gasteiger partial charge in [-0.25, -0.2) is 4.79 Å². The second kappa shape index (κ2) is 16.3. The van der Waals surface area contributed by atoms with Gasteiger partial charge in [-0.05, 0) is 77.1 Å². The molecule has 280 valence electrons. The summed E-state index contributed by atoms with van der Waals surface area (Å²) in [5.74, 6) is 0.858. The summed E-state index contributed by atoms with van der Waals surface area (Å²) in [6.07, 6.45) is 0. The third kappa shape index (κ3) is 7.33. The van der Waals surface area contributed by atoms with E-state index >= 15 is 0 Å². The average molecular weight is 748 g/mol. The van der Waals surface area contributed by atoms with Crippen molar-refractivity contribution in [3.63, 3.8) is 0 Å². The molecule has 0 spiro atoms. The van der Waals surface area contributed by atoms with Crippen LogP contribution in [0.2, 0.25) is 0 Å². The molecule has 8 nitrogen and oxygen atoms in total. The predicted molar refractivity (Wildman–Crippen MR) is 223 cm³/mol. The highest BCUT2D eigenvalue weighted by molar-refractivity contribution is 5.91. The quantitative estimate of drug-likeness (QED) is 0.0908. The van der Waals surface area contributed by atoms with Gasteiger partial charge in [0, 0.05) is 28.6 Å². The first-order valence-corrected chi connectivity index (χ1v) is 19.0. The number of carbonyl (C=O) groups is 1. The summed E-state index contributed by atoms with van der Waals surface area (Å²) in [4.78, 5) is 19.0. The Morgan fingerprint density at radius 3 is 1.86 bits per heavy atom. The van der Waals surface area contributed by atoms with Gasteiger partial charge in [-0.2, -0.15) is 0 Å². The Bertz CT molecular complexity index is 2530. The number of aryl methyl sites for hydroxylation is 2. The number of hydrogen-bond acceptors (Lipinski definition) is 7. The Labute approximate surface area is 332 Å². The Kier molecular flexibility index (Phi) is 10.5. The number of aromatic nitrogens is 5. The van der Waals surface area contributed by atoms with Crippen LogP contribution in [0, 0.1) is 13.8 Å². The van der Waals surface area contributed by atoms with Gasteiger partial charge in [-0.1, -0.05) is 152 Å². The van der Waals surface area contributed by atoms with Crippen molar-refractivity contribution in [3.05, 3.63) is 209 Å². The van der Waals surface area contributed by atoms with Crippen molar-refractivity contribution < 1.29 is 14.3 Å². The number of hydrogen-bond donors (Lipinski definition) is 0. The van der Waals surface area contributed by atoms with Crippen LogP contribution in [0.15, 0.2) is 170 Å². The zero-order chi connectivity index (χ0) is 39.2. The standard InChI is InChI=1S/C49H41N5O3/c1-4-56-48(55)39-18-16-17-38(32-39)46-35(3)50-34(2)31-45(46)57-33-36-27-29-37(30-28-36)43-25-14-15-26-44(43)47-51-53-54(52-47)49(40-19-8-5-9-20-40,41-21-10-6-11-22-41)42-23-12-7-13-24-42/h5-32H,4,33H2,1-3H3. The fourth-order valence-electron chi connectivity index (χ4n) is 7.49. The molecule has 0 N–H and O–H groups in total. The smallest absolute Gasteiger partial charge is 0.338 e. The van der Waals surface area contributed by atoms with Gasteiger partial charge in [0.1, 0.15) is 12.4 Å². The Morgan fingerprint density at radius 1 is 0.649 bits per heavy atom. The fraction of sp³-hybridized carbons (Fsp3) is 0.122. The van der Waals surface area contributed by atoms with Gasteiger partial charge < -0.3 is 9.47 Å². The van der Waals surface area contributed by atoms with Crippen LogP contribution >= 0.6 is 0 Å². The summed E-state index contributed by atoms with van der Waals surface area (Å²) in [6, 6.07) is 56.8. The van der Waals surface area contributed by atoms with Crippen LogP contribution in [0.3, 0.4) is 0 Å². The van der Waals surface area contributed by atoms with Gasteiger partial charge in [0.15, 0.2) is 5.54 Å². The van der Waals surface area contributed by atoms with Gasteiger partial charge >= 0.3 is 5.97 Å². The van der Waals surface area contributed by atoms with Gasteiger partial charge in [0.25, 0.3) is 0 Å². The van der Waals surface area contributed by atoms with E-state index in [0.29, 0.717) is 30.4 Å². The lowest BCUT2D eigenvalue weighted by molar-refractivity contribution is 0.0526. The number of tetrazole rings is 1. The van der Waals surface area contributed by atoms with Crippen molar-refractivity contribution >= 4 is 5.97 Å². The maximum atomic E-state index is 12.5. The van der Waals surface area contributed by atoms with E-state index < -0.39 is 5.54 Å². The molecule has 8 rings (SSSR count). The molecule has 0 atom stereocenters. The predicted octanol–water partition coefficient (Wildman–Crippen LogP) is 10.3. The summed E-state index contributed by atoms with van der Waals surface area (Å²) >= 11 is 0. The van der Waals surface area contributed by atoms with Crippen molar-refractivity contribution in [2.45, 2.75) is 32.9 Å². The van der Waals surface area contributed by atoms with Crippen LogP contribution in [0.25, 0.3) is 33.6 Å². The zero-order valence-corrected chi connectivity index (χ0v) is 32.0. The first-order valence-electron chi connectivity index (χ1n) is 19.0. The average Bonchev–Trinajstić information content (AvgIpc) is 3.75. The second-order valence-electron chi connectivity index (χ2n) is 13.8. The molecule has 0 radical (unpaired) electrons. The molecule has 0 saturated heterocycles. The molecule has 8 heteroatoms. The monoisotopic (exact) mass is 747 g/mol. The lowest BCUT2D eigenvalue weighted by Crippen LogP contribution is -2.39. The molecule has 0 aliphatic rings. The molecule has 0 aliphatic heterocycles. The van der Waals surface area contributed by atoms with E-state index in [9.17, 15) is 4.79 Å². The van der Waals surface area contributed by atoms with E-state index in [0.717, 1.165) is 61.5 Å². The van der Waals surface area contributed by atoms with Crippen molar-refractivity contribution in [1.29, 1.82) is 0 Å². The molecule has 2 aromatic heterocycles. The van der Waals surface area contributed by atoms with Crippen molar-refractivity contribution in [2.24, 2.45) is 0 Å². The van der Waals surface area contributed by atoms with Gasteiger partial charge in [0.2, 0.25) is 5.82 Å². The van der Waals surface area contributed by atoms with Crippen LogP contribution < -0.4 is 4.74 Å². The van der Waals surface area contributed by atoms with Crippen LogP contribution in [0.5, 0.6) is 5.75 Å². The SMILES string of the molecule is CCOC(=O)c1cccc(-c2c(OCc3ccc(-c4ccccc4-c4nnn(C(c5ccccc5)(c5ccccc5)c5ccccc5)n4)cc3)cc(C)nc2C)c1. The number of rotatable bonds is 12. The summed E-state index contributed by atoms with van der Waals surface area (Å²) in [5, 5.41) is 14.7. The molecule has 6 aromatic carbocycles. The van der Waals surface area contributed by atoms with Gasteiger partial charge in [-0.3, -0.25) is 4.98 Å². The van der Waals surface area contributed by atoms with Crippen LogP contribution in [-0.2, 0) is 16.9 Å². The Balaban J connectivity index is 1.10. The molecule has 0 amide bonds. The highest BCUT2D eigenvalue weighted by Crippen LogP contribution is 2.41. The van der Waals surface area contributed by atoms with Crippen molar-refractivity contribution in [1.82, 2.24) is 25.2 Å². The molecule has 57 heavy (non-hydrogen) atoms. The summed E-state index contributed by atoms with van der Waals surface area (Å²) < 4.78 is 11.7. The molecule has 0 fully saturated rings. The van der Waals surface area contributed by atoms with Crippen LogP contribution in [0.1, 0.15) is 50.9 Å². The summed E-state index contributed by atoms with van der Waals surface area (Å²) in [7, 11) is 0. The minimum atomic E-state index is -0.874. The first kappa shape index (κ1) is 36.8. The van der Waals surface area contributed by atoms with Crippen molar-refractivity contribution in [3.8, 4) is 39.4 Å². The van der Waals surface area contributed by atoms with Gasteiger partial charge in [-0.15, -0.1) is 15.0 Å². The number of nitrogens with zero attached hydrogens (tertiary/aromatic N) is 5. The number of carbonyl (C=O) groups excluding carboxylic acids is 1. The molecule has 0 bridgehead atoms. The number of ether oxygens (including phenoxy) is 2. The Hall–Kier alpha value is -7.19. The third-order valence-electron chi connectivity index (χ3n) is 10.1. The third-order valence-corrected chi connectivity index (χ3v) is 10.1. The molecule has 8 aromatic rings. The summed E-state index contributed by atoms with van der Waals surface area (Å²) in [5.41, 5.74) is 9.88. The fourth-order valence-corrected chi connectivity index (χ4v) is 7.49. The summed E-state index contributed by atoms with van der Waals surface area (Å²) in [6.45, 7) is 6.35. The molecule has 0 saturated carbocycles. The highest BCUT2D eigenvalue weighted by Gasteiger charge is 2.41. The van der Waals surface area contributed by atoms with Crippen LogP contribution in [-0.4, -0.2) is 37.8 Å². The molecular formula is C49H41N5O3. The van der Waals surface area contributed by atoms with Crippen LogP contribution in [0.4, 0.5) is 0 Å². The number of esters is 1. The molecular weight excluding hydrogens is 707 g/mol. The van der Waals surface area contributed by atoms with E-state index in [1.54, 1.807) is 17.8 Å². The Morgan fingerprint density at radius 2 is 1.25 bits per heavy atom. The minimum absolute atomic E-state index is 0.310. The topological polar surface area (TPSA) is 92.0 Å². The van der Waals surface area contributed by atoms with E-state index in [1.165, 1.54) is 0 Å². The number of pyridine rings is 1. The van der Waals surface area contributed by atoms with E-state index in [1.807, 2.05) is 111 Å². The highest BCUT2D eigenvalue weighted by atomic mass is 16.5. The van der Waals surface area contributed by atoms with Gasteiger partial charge in [0.05, 0.1) is 12.2 Å². The maximum absolute atomic E-state index is 12.5. The number of benzene rings is 6. The molecule has 0 unspecified atom stereocenters. The van der Waals surface area contributed by atoms with E-state index in [4.69, 9.17) is 29.9 Å². The normalized spacial score (nSPS) is 11.3. The van der Waals surface area contributed by atoms with E-state index in [-0.39, 0.29) is 5.97 Å². The van der Waals surface area contributed by atoms with E-state index in [2.05, 4.69) is 66.7 Å². The van der Waals surface area contributed by atoms with Crippen molar-refractivity contribution in [2.75, 3.05) is 6.61 Å². The lowest BCUT2D eigenvalue weighted by atomic mass is 9.77. The molecule has 2 heterocycles. The maximum Gasteiger partial charge on any atom is 0.338 e.